The lowest BCUT2D eigenvalue weighted by Gasteiger charge is -2.11. The summed E-state index contributed by atoms with van der Waals surface area (Å²) in [6.07, 6.45) is 3.91. The summed E-state index contributed by atoms with van der Waals surface area (Å²) in [5.41, 5.74) is 2.57. The second-order valence-corrected chi connectivity index (χ2v) is 5.75. The minimum absolute atomic E-state index is 0.228. The Labute approximate surface area is 120 Å². The number of carbonyl (C=O) groups excluding carboxylic acids is 1. The topological polar surface area (TPSA) is 17.1 Å². The van der Waals surface area contributed by atoms with Crippen molar-refractivity contribution in [1.82, 2.24) is 0 Å². The highest BCUT2D eigenvalue weighted by molar-refractivity contribution is 5.85. The fraction of sp³-hybridized carbons (Fsp3) is 0.316. The van der Waals surface area contributed by atoms with Gasteiger partial charge in [0.2, 0.25) is 0 Å². The molecule has 0 aromatic heterocycles. The minimum Gasteiger partial charge on any atom is -0.299 e. The van der Waals surface area contributed by atoms with Crippen LogP contribution in [0.4, 0.5) is 0 Å². The number of benzene rings is 2. The molecule has 3 rings (SSSR count). The third-order valence-corrected chi connectivity index (χ3v) is 4.32. The van der Waals surface area contributed by atoms with E-state index in [1.165, 1.54) is 11.1 Å². The molecule has 1 aliphatic carbocycles. The molecule has 1 nitrogen and oxygen atoms in total. The van der Waals surface area contributed by atoms with Gasteiger partial charge in [-0.3, -0.25) is 4.79 Å². The molecule has 2 aromatic carbocycles. The van der Waals surface area contributed by atoms with Crippen LogP contribution in [0, 0.1) is 11.8 Å². The molecule has 1 aliphatic rings. The molecule has 2 aromatic rings. The van der Waals surface area contributed by atoms with Crippen LogP contribution < -0.4 is 0 Å². The van der Waals surface area contributed by atoms with Gasteiger partial charge in [-0.25, -0.2) is 0 Å². The molecule has 2 atom stereocenters. The Bertz CT molecular complexity index is 507. The molecule has 0 radical (unpaired) electrons. The van der Waals surface area contributed by atoms with Crippen LogP contribution in [0.5, 0.6) is 0 Å². The van der Waals surface area contributed by atoms with Crippen LogP contribution in [0.3, 0.4) is 0 Å². The minimum atomic E-state index is 0.228. The van der Waals surface area contributed by atoms with Crippen molar-refractivity contribution in [2.75, 3.05) is 0 Å². The number of carbonyl (C=O) groups is 1. The third-order valence-electron chi connectivity index (χ3n) is 4.32. The van der Waals surface area contributed by atoms with Crippen LogP contribution in [0.1, 0.15) is 24.0 Å². The van der Waals surface area contributed by atoms with E-state index in [1.807, 2.05) is 12.1 Å². The second-order valence-electron chi connectivity index (χ2n) is 5.75. The van der Waals surface area contributed by atoms with E-state index in [4.69, 9.17) is 0 Å². The number of Topliss-reactive ketones (excluding diaryl/α,β-unsaturated/α-hetero) is 1. The normalized spacial score (nSPS) is 22.1. The molecular weight excluding hydrogens is 244 g/mol. The van der Waals surface area contributed by atoms with Crippen LogP contribution in [0.25, 0.3) is 0 Å². The summed E-state index contributed by atoms with van der Waals surface area (Å²) in [7, 11) is 0. The monoisotopic (exact) mass is 264 g/mol. The molecule has 0 unspecified atom stereocenters. The van der Waals surface area contributed by atoms with Crippen molar-refractivity contribution in [2.45, 2.75) is 25.7 Å². The lowest BCUT2D eigenvalue weighted by Crippen LogP contribution is -2.17. The Morgan fingerprint density at radius 2 is 1.10 bits per heavy atom. The molecule has 1 fully saturated rings. The van der Waals surface area contributed by atoms with E-state index in [-0.39, 0.29) is 11.8 Å². The zero-order chi connectivity index (χ0) is 13.8. The highest BCUT2D eigenvalue weighted by Gasteiger charge is 2.33. The van der Waals surface area contributed by atoms with Gasteiger partial charge in [-0.1, -0.05) is 60.7 Å². The van der Waals surface area contributed by atoms with Crippen molar-refractivity contribution in [3.63, 3.8) is 0 Å². The van der Waals surface area contributed by atoms with Crippen molar-refractivity contribution >= 4 is 5.78 Å². The Kier molecular flexibility index (Phi) is 3.96. The average Bonchev–Trinajstić information content (AvgIpc) is 2.83. The van der Waals surface area contributed by atoms with Gasteiger partial charge >= 0.3 is 0 Å². The Morgan fingerprint density at radius 3 is 1.50 bits per heavy atom. The van der Waals surface area contributed by atoms with E-state index in [1.54, 1.807) is 0 Å². The highest BCUT2D eigenvalue weighted by Crippen LogP contribution is 2.32. The SMILES string of the molecule is O=C1[C@H](Cc2ccccc2)CC[C@H]1Cc1ccccc1. The Hall–Kier alpha value is -1.89. The van der Waals surface area contributed by atoms with Crippen LogP contribution in [-0.2, 0) is 17.6 Å². The van der Waals surface area contributed by atoms with Gasteiger partial charge in [-0.05, 0) is 36.8 Å². The molecule has 0 spiro atoms. The van der Waals surface area contributed by atoms with Crippen molar-refractivity contribution in [3.8, 4) is 0 Å². The first-order valence-corrected chi connectivity index (χ1v) is 7.44. The number of hydrogen-bond acceptors (Lipinski definition) is 1. The zero-order valence-corrected chi connectivity index (χ0v) is 11.7. The first-order valence-electron chi connectivity index (χ1n) is 7.44. The molecule has 1 saturated carbocycles. The van der Waals surface area contributed by atoms with Gasteiger partial charge < -0.3 is 0 Å². The molecular formula is C19H20O. The van der Waals surface area contributed by atoms with Crippen molar-refractivity contribution in [3.05, 3.63) is 71.8 Å². The van der Waals surface area contributed by atoms with Crippen LogP contribution in [-0.4, -0.2) is 5.78 Å². The van der Waals surface area contributed by atoms with E-state index in [0.29, 0.717) is 5.78 Å². The molecule has 0 heterocycles. The maximum absolute atomic E-state index is 12.5. The van der Waals surface area contributed by atoms with Crippen LogP contribution in [0.15, 0.2) is 60.7 Å². The molecule has 0 N–H and O–H groups in total. The van der Waals surface area contributed by atoms with Crippen molar-refractivity contribution < 1.29 is 4.79 Å². The predicted molar refractivity (Wildman–Crippen MR) is 81.5 cm³/mol. The van der Waals surface area contributed by atoms with Crippen molar-refractivity contribution in [1.29, 1.82) is 0 Å². The van der Waals surface area contributed by atoms with E-state index >= 15 is 0 Å². The lowest BCUT2D eigenvalue weighted by atomic mass is 9.92. The van der Waals surface area contributed by atoms with Gasteiger partial charge in [0.25, 0.3) is 0 Å². The first kappa shape index (κ1) is 13.1. The van der Waals surface area contributed by atoms with Gasteiger partial charge in [0.05, 0.1) is 0 Å². The van der Waals surface area contributed by atoms with Crippen LogP contribution in [0.2, 0.25) is 0 Å². The fourth-order valence-electron chi connectivity index (χ4n) is 3.22. The van der Waals surface area contributed by atoms with E-state index < -0.39 is 0 Å². The summed E-state index contributed by atoms with van der Waals surface area (Å²) in [4.78, 5) is 12.5. The lowest BCUT2D eigenvalue weighted by molar-refractivity contribution is -0.123. The maximum atomic E-state index is 12.5. The summed E-state index contributed by atoms with van der Waals surface area (Å²) in [6.45, 7) is 0. The Morgan fingerprint density at radius 1 is 0.700 bits per heavy atom. The van der Waals surface area contributed by atoms with Gasteiger partial charge in [0.15, 0.2) is 0 Å². The number of rotatable bonds is 4. The summed E-state index contributed by atoms with van der Waals surface area (Å²) < 4.78 is 0. The number of ketones is 1. The molecule has 0 aliphatic heterocycles. The van der Waals surface area contributed by atoms with Gasteiger partial charge in [0.1, 0.15) is 5.78 Å². The number of hydrogen-bond donors (Lipinski definition) is 0. The fourth-order valence-corrected chi connectivity index (χ4v) is 3.22. The standard InChI is InChI=1S/C19H20O/c20-19-17(13-15-7-3-1-4-8-15)11-12-18(19)14-16-9-5-2-6-10-16/h1-10,17-18H,11-14H2/t17-,18-/m0/s1. The second kappa shape index (κ2) is 6.04. The molecule has 1 heteroatoms. The first-order chi connectivity index (χ1) is 9.83. The zero-order valence-electron chi connectivity index (χ0n) is 11.7. The smallest absolute Gasteiger partial charge is 0.139 e. The van der Waals surface area contributed by atoms with Gasteiger partial charge in [-0.2, -0.15) is 0 Å². The average molecular weight is 264 g/mol. The Balaban J connectivity index is 1.62. The molecule has 0 saturated heterocycles. The molecule has 20 heavy (non-hydrogen) atoms. The van der Waals surface area contributed by atoms with E-state index in [0.717, 1.165) is 25.7 Å². The maximum Gasteiger partial charge on any atom is 0.139 e. The summed E-state index contributed by atoms with van der Waals surface area (Å²) in [5, 5.41) is 0. The molecule has 0 bridgehead atoms. The van der Waals surface area contributed by atoms with Crippen LogP contribution >= 0.6 is 0 Å². The quantitative estimate of drug-likeness (QED) is 0.813. The molecule has 102 valence electrons. The summed E-state index contributed by atoms with van der Waals surface area (Å²) in [5.74, 6) is 0.926. The highest BCUT2D eigenvalue weighted by atomic mass is 16.1. The predicted octanol–water partition coefficient (Wildman–Crippen LogP) is 4.07. The van der Waals surface area contributed by atoms with Gasteiger partial charge in [0, 0.05) is 11.8 Å². The molecule has 0 amide bonds. The largest absolute Gasteiger partial charge is 0.299 e. The summed E-state index contributed by atoms with van der Waals surface area (Å²) in [6, 6.07) is 20.8. The summed E-state index contributed by atoms with van der Waals surface area (Å²) >= 11 is 0. The third kappa shape index (κ3) is 2.98. The van der Waals surface area contributed by atoms with E-state index in [2.05, 4.69) is 48.5 Å². The van der Waals surface area contributed by atoms with E-state index in [9.17, 15) is 4.79 Å². The van der Waals surface area contributed by atoms with Crippen molar-refractivity contribution in [2.24, 2.45) is 11.8 Å². The van der Waals surface area contributed by atoms with Gasteiger partial charge in [-0.15, -0.1) is 0 Å².